The van der Waals surface area contributed by atoms with Crippen molar-refractivity contribution in [3.8, 4) is 0 Å². The average Bonchev–Trinajstić information content (AvgIpc) is 2.98. The number of nitrogen functional groups attached to an aromatic ring is 2. The van der Waals surface area contributed by atoms with E-state index in [2.05, 4.69) is 34.9 Å². The molecule has 0 radical (unpaired) electrons. The van der Waals surface area contributed by atoms with Crippen LogP contribution in [0.2, 0.25) is 0 Å². The van der Waals surface area contributed by atoms with Crippen LogP contribution in [0.5, 0.6) is 0 Å². The Bertz CT molecular complexity index is 1190. The van der Waals surface area contributed by atoms with Gasteiger partial charge in [-0.3, -0.25) is 0 Å². The third-order valence-electron chi connectivity index (χ3n) is 6.55. The second-order valence-electron chi connectivity index (χ2n) is 10.2. The molecule has 0 amide bonds. The summed E-state index contributed by atoms with van der Waals surface area (Å²) in [6.07, 6.45) is 0.284. The number of ether oxygens (including phenoxy) is 2. The van der Waals surface area contributed by atoms with E-state index in [0.29, 0.717) is 13.1 Å². The van der Waals surface area contributed by atoms with Crippen molar-refractivity contribution in [3.63, 3.8) is 0 Å². The molecule has 216 valence electrons. The Balaban J connectivity index is 1.04. The van der Waals surface area contributed by atoms with Gasteiger partial charge in [-0.2, -0.15) is 0 Å². The first-order valence-corrected chi connectivity index (χ1v) is 13.8. The van der Waals surface area contributed by atoms with Crippen molar-refractivity contribution < 1.29 is 19.7 Å². The third-order valence-corrected chi connectivity index (χ3v) is 6.55. The number of nitrogens with one attached hydrogen (secondary N) is 2. The third kappa shape index (κ3) is 10.8. The van der Waals surface area contributed by atoms with E-state index in [1.54, 1.807) is 0 Å². The second kappa shape index (κ2) is 15.6. The molecule has 4 rings (SSSR count). The predicted octanol–water partition coefficient (Wildman–Crippen LogP) is 4.27. The summed E-state index contributed by atoms with van der Waals surface area (Å²) in [5.41, 5.74) is 19.7. The molecule has 0 aliphatic carbocycles. The fourth-order valence-corrected chi connectivity index (χ4v) is 4.24. The first-order valence-electron chi connectivity index (χ1n) is 13.8. The Morgan fingerprint density at radius 2 is 0.829 bits per heavy atom. The van der Waals surface area contributed by atoms with Gasteiger partial charge in [0, 0.05) is 35.8 Å². The number of hydrogen-bond donors (Lipinski definition) is 6. The van der Waals surface area contributed by atoms with E-state index in [9.17, 15) is 10.2 Å². The van der Waals surface area contributed by atoms with Crippen LogP contribution in [0.15, 0.2) is 97.1 Å². The van der Waals surface area contributed by atoms with Crippen molar-refractivity contribution in [2.75, 3.05) is 55.2 Å². The molecule has 0 spiro atoms. The fourth-order valence-electron chi connectivity index (χ4n) is 4.24. The number of rotatable bonds is 16. The highest BCUT2D eigenvalue weighted by molar-refractivity contribution is 5.47. The molecule has 0 aliphatic rings. The molecule has 0 heterocycles. The van der Waals surface area contributed by atoms with Crippen molar-refractivity contribution in [2.45, 2.75) is 25.0 Å². The normalized spacial score (nSPS) is 12.5. The van der Waals surface area contributed by atoms with Gasteiger partial charge in [0.1, 0.15) is 6.79 Å². The minimum Gasteiger partial charge on any atom is -0.399 e. The van der Waals surface area contributed by atoms with E-state index >= 15 is 0 Å². The molecule has 0 aliphatic heterocycles. The molecule has 0 saturated carbocycles. The molecular formula is C33H40N4O4. The van der Waals surface area contributed by atoms with E-state index in [-0.39, 0.29) is 20.0 Å². The van der Waals surface area contributed by atoms with Crippen molar-refractivity contribution in [1.29, 1.82) is 0 Å². The van der Waals surface area contributed by atoms with Crippen LogP contribution in [-0.2, 0) is 22.3 Å². The SMILES string of the molecule is Nc1ccc(Cc2ccc(NCC(O)COCOCC(O)CNc3ccc(Cc4ccc(N)cc4)cc3)cc2)cc1. The van der Waals surface area contributed by atoms with Crippen LogP contribution in [0.3, 0.4) is 0 Å². The largest absolute Gasteiger partial charge is 0.399 e. The van der Waals surface area contributed by atoms with E-state index in [1.807, 2.05) is 72.8 Å². The second-order valence-corrected chi connectivity index (χ2v) is 10.2. The Morgan fingerprint density at radius 1 is 0.512 bits per heavy atom. The number of aliphatic hydroxyl groups excluding tert-OH is 2. The summed E-state index contributed by atoms with van der Waals surface area (Å²) in [4.78, 5) is 0. The predicted molar refractivity (Wildman–Crippen MR) is 166 cm³/mol. The highest BCUT2D eigenvalue weighted by atomic mass is 16.7. The van der Waals surface area contributed by atoms with Crippen LogP contribution in [0.4, 0.5) is 22.7 Å². The van der Waals surface area contributed by atoms with Crippen LogP contribution in [0.25, 0.3) is 0 Å². The summed E-state index contributed by atoms with van der Waals surface area (Å²) in [6.45, 7) is 0.942. The van der Waals surface area contributed by atoms with Gasteiger partial charge in [0.2, 0.25) is 0 Å². The lowest BCUT2D eigenvalue weighted by molar-refractivity contribution is -0.0934. The Kier molecular flexibility index (Phi) is 11.4. The Hall–Kier alpha value is -4.08. The minimum absolute atomic E-state index is 0.00617. The zero-order valence-corrected chi connectivity index (χ0v) is 23.2. The molecule has 41 heavy (non-hydrogen) atoms. The molecule has 4 aromatic carbocycles. The molecule has 0 saturated heterocycles. The van der Waals surface area contributed by atoms with Crippen molar-refractivity contribution >= 4 is 22.7 Å². The van der Waals surface area contributed by atoms with E-state index in [4.69, 9.17) is 20.9 Å². The summed E-state index contributed by atoms with van der Waals surface area (Å²) in [5, 5.41) is 26.8. The first kappa shape index (κ1) is 29.9. The van der Waals surface area contributed by atoms with Gasteiger partial charge in [-0.1, -0.05) is 48.5 Å². The zero-order chi connectivity index (χ0) is 28.9. The summed E-state index contributed by atoms with van der Waals surface area (Å²) < 4.78 is 10.8. The van der Waals surface area contributed by atoms with Crippen molar-refractivity contribution in [2.24, 2.45) is 0 Å². The lowest BCUT2D eigenvalue weighted by Crippen LogP contribution is -2.27. The maximum Gasteiger partial charge on any atom is 0.146 e. The van der Waals surface area contributed by atoms with Gasteiger partial charge >= 0.3 is 0 Å². The summed E-state index contributed by atoms with van der Waals surface area (Å²) >= 11 is 0. The monoisotopic (exact) mass is 556 g/mol. The quantitative estimate of drug-likeness (QED) is 0.0685. The van der Waals surface area contributed by atoms with Gasteiger partial charge in [0.15, 0.2) is 0 Å². The summed E-state index contributed by atoms with van der Waals surface area (Å²) in [7, 11) is 0. The molecule has 2 atom stereocenters. The number of anilines is 4. The number of nitrogens with two attached hydrogens (primary N) is 2. The van der Waals surface area contributed by atoms with Crippen LogP contribution < -0.4 is 22.1 Å². The number of hydrogen-bond acceptors (Lipinski definition) is 8. The van der Waals surface area contributed by atoms with Crippen molar-refractivity contribution in [3.05, 3.63) is 119 Å². The van der Waals surface area contributed by atoms with E-state index in [1.165, 1.54) is 22.3 Å². The lowest BCUT2D eigenvalue weighted by atomic mass is 10.0. The smallest absolute Gasteiger partial charge is 0.146 e. The van der Waals surface area contributed by atoms with Crippen molar-refractivity contribution in [1.82, 2.24) is 0 Å². The maximum absolute atomic E-state index is 10.2. The molecule has 0 fully saturated rings. The standard InChI is InChI=1S/C33H40N4O4/c34-28-9-1-24(2-10-28)17-26-5-13-30(14-6-26)36-19-32(38)21-40-23-41-22-33(39)20-37-31-15-7-27(8-16-31)18-25-3-11-29(35)12-4-25/h1-16,32-33,36-39H,17-23,34-35H2. The number of aliphatic hydroxyl groups is 2. The zero-order valence-electron chi connectivity index (χ0n) is 23.2. The Labute approximate surface area is 241 Å². The summed E-state index contributed by atoms with van der Waals surface area (Å²) in [6, 6.07) is 32.0. The number of benzene rings is 4. The Morgan fingerprint density at radius 3 is 1.17 bits per heavy atom. The van der Waals surface area contributed by atoms with Gasteiger partial charge < -0.3 is 41.8 Å². The van der Waals surface area contributed by atoms with Gasteiger partial charge in [-0.15, -0.1) is 0 Å². The first-order chi connectivity index (χ1) is 19.9. The maximum atomic E-state index is 10.2. The molecule has 0 aromatic heterocycles. The highest BCUT2D eigenvalue weighted by Gasteiger charge is 2.07. The van der Waals surface area contributed by atoms with Crippen LogP contribution in [-0.4, -0.2) is 55.5 Å². The molecule has 4 aromatic rings. The molecule has 8 nitrogen and oxygen atoms in total. The molecule has 2 unspecified atom stereocenters. The molecule has 8 N–H and O–H groups in total. The topological polar surface area (TPSA) is 135 Å². The van der Waals surface area contributed by atoms with E-state index < -0.39 is 12.2 Å². The average molecular weight is 557 g/mol. The molecular weight excluding hydrogens is 516 g/mol. The van der Waals surface area contributed by atoms with Gasteiger partial charge in [0.25, 0.3) is 0 Å². The summed E-state index contributed by atoms with van der Waals surface area (Å²) in [5.74, 6) is 0. The van der Waals surface area contributed by atoms with E-state index in [0.717, 1.165) is 35.6 Å². The van der Waals surface area contributed by atoms with Gasteiger partial charge in [0.05, 0.1) is 25.4 Å². The molecule has 0 bridgehead atoms. The van der Waals surface area contributed by atoms with Crippen LogP contribution >= 0.6 is 0 Å². The fraction of sp³-hybridized carbons (Fsp3) is 0.273. The van der Waals surface area contributed by atoms with Gasteiger partial charge in [-0.05, 0) is 83.6 Å². The van der Waals surface area contributed by atoms with Gasteiger partial charge in [-0.25, -0.2) is 0 Å². The minimum atomic E-state index is -0.692. The van der Waals surface area contributed by atoms with Crippen LogP contribution in [0, 0.1) is 0 Å². The van der Waals surface area contributed by atoms with Crippen LogP contribution in [0.1, 0.15) is 22.3 Å². The molecule has 8 heteroatoms. The highest BCUT2D eigenvalue weighted by Crippen LogP contribution is 2.16. The lowest BCUT2D eigenvalue weighted by Gasteiger charge is -2.15.